The fourth-order valence-corrected chi connectivity index (χ4v) is 0.699. The summed E-state index contributed by atoms with van der Waals surface area (Å²) >= 11 is 0. The van der Waals surface area contributed by atoms with Crippen LogP contribution >= 0.6 is 0 Å². The molecule has 4 nitrogen and oxygen atoms in total. The highest BCUT2D eigenvalue weighted by Gasteiger charge is 2.20. The highest BCUT2D eigenvalue weighted by Crippen LogP contribution is 2.40. The third kappa shape index (κ3) is 0.884. The molecule has 0 aromatic heterocycles. The van der Waals surface area contributed by atoms with Gasteiger partial charge in [0.1, 0.15) is 11.4 Å². The summed E-state index contributed by atoms with van der Waals surface area (Å²) in [5, 5.41) is 17.7. The number of hydrogen-bond acceptors (Lipinski definition) is 4. The first kappa shape index (κ1) is 8.38. The maximum Gasteiger partial charge on any atom is 0.187 e. The van der Waals surface area contributed by atoms with Crippen molar-refractivity contribution >= 4 is 11.4 Å². The minimum Gasteiger partial charge on any atom is -0.503 e. The van der Waals surface area contributed by atoms with Crippen LogP contribution < -0.4 is 11.5 Å². The van der Waals surface area contributed by atoms with Gasteiger partial charge in [-0.25, -0.2) is 8.78 Å². The van der Waals surface area contributed by atoms with Crippen molar-refractivity contribution in [3.05, 3.63) is 11.6 Å². The van der Waals surface area contributed by atoms with E-state index in [1.165, 1.54) is 0 Å². The van der Waals surface area contributed by atoms with E-state index in [2.05, 4.69) is 0 Å². The highest BCUT2D eigenvalue weighted by atomic mass is 19.2. The lowest BCUT2D eigenvalue weighted by molar-refractivity contribution is 0.396. The molecule has 0 fully saturated rings. The smallest absolute Gasteiger partial charge is 0.187 e. The summed E-state index contributed by atoms with van der Waals surface area (Å²) in [6.45, 7) is 0. The summed E-state index contributed by atoms with van der Waals surface area (Å²) < 4.78 is 25.2. The zero-order valence-corrected chi connectivity index (χ0v) is 5.81. The van der Waals surface area contributed by atoms with E-state index in [0.717, 1.165) is 0 Å². The van der Waals surface area contributed by atoms with Crippen molar-refractivity contribution in [1.82, 2.24) is 0 Å². The van der Waals surface area contributed by atoms with Gasteiger partial charge in [-0.15, -0.1) is 0 Å². The van der Waals surface area contributed by atoms with Gasteiger partial charge in [-0.05, 0) is 0 Å². The van der Waals surface area contributed by atoms with Crippen LogP contribution in [0.3, 0.4) is 0 Å². The molecule has 0 radical (unpaired) electrons. The Kier molecular flexibility index (Phi) is 1.68. The molecule has 0 heterocycles. The van der Waals surface area contributed by atoms with Crippen LogP contribution in [0.25, 0.3) is 0 Å². The van der Waals surface area contributed by atoms with Gasteiger partial charge < -0.3 is 21.7 Å². The predicted octanol–water partition coefficient (Wildman–Crippen LogP) is 0.540. The molecule has 66 valence electrons. The van der Waals surface area contributed by atoms with Gasteiger partial charge in [0.25, 0.3) is 0 Å². The molecule has 0 aliphatic rings. The fraction of sp³-hybridized carbons (Fsp3) is 0. The van der Waals surface area contributed by atoms with E-state index in [1.807, 2.05) is 0 Å². The molecule has 0 aliphatic carbocycles. The van der Waals surface area contributed by atoms with Crippen LogP contribution in [0, 0.1) is 11.6 Å². The average molecular weight is 176 g/mol. The Morgan fingerprint density at radius 2 is 1.08 bits per heavy atom. The van der Waals surface area contributed by atoms with Crippen LogP contribution in [0.15, 0.2) is 0 Å². The number of nitrogens with two attached hydrogens (primary N) is 2. The lowest BCUT2D eigenvalue weighted by atomic mass is 10.2. The van der Waals surface area contributed by atoms with Crippen LogP contribution in [-0.4, -0.2) is 10.2 Å². The van der Waals surface area contributed by atoms with Gasteiger partial charge in [0, 0.05) is 0 Å². The molecule has 0 bridgehead atoms. The van der Waals surface area contributed by atoms with Gasteiger partial charge in [-0.1, -0.05) is 0 Å². The number of anilines is 2. The lowest BCUT2D eigenvalue weighted by Gasteiger charge is -2.06. The summed E-state index contributed by atoms with van der Waals surface area (Å²) in [4.78, 5) is 0. The highest BCUT2D eigenvalue weighted by molar-refractivity contribution is 5.70. The molecule has 1 aromatic rings. The van der Waals surface area contributed by atoms with Crippen LogP contribution in [0.5, 0.6) is 11.5 Å². The Labute approximate surface area is 66.0 Å². The van der Waals surface area contributed by atoms with Gasteiger partial charge in [0.2, 0.25) is 0 Å². The molecule has 12 heavy (non-hydrogen) atoms. The molecule has 6 N–H and O–H groups in total. The lowest BCUT2D eigenvalue weighted by Crippen LogP contribution is -2.00. The number of halogens is 2. The number of phenolic OH excluding ortho intramolecular Hbond substituents is 2. The van der Waals surface area contributed by atoms with E-state index in [4.69, 9.17) is 21.7 Å². The van der Waals surface area contributed by atoms with Crippen molar-refractivity contribution < 1.29 is 19.0 Å². The number of benzene rings is 1. The third-order valence-corrected chi connectivity index (χ3v) is 1.40. The second kappa shape index (κ2) is 2.40. The molecule has 0 spiro atoms. The van der Waals surface area contributed by atoms with Crippen LogP contribution in [-0.2, 0) is 0 Å². The summed E-state index contributed by atoms with van der Waals surface area (Å²) in [5.41, 5.74) is 8.02. The van der Waals surface area contributed by atoms with Crippen LogP contribution in [0.1, 0.15) is 0 Å². The molecule has 0 atom stereocenters. The van der Waals surface area contributed by atoms with Crippen molar-refractivity contribution in [2.24, 2.45) is 0 Å². The van der Waals surface area contributed by atoms with E-state index >= 15 is 0 Å². The van der Waals surface area contributed by atoms with Gasteiger partial charge in [0.05, 0.1) is 0 Å². The normalized spacial score (nSPS) is 10.2. The molecule has 0 aliphatic heterocycles. The van der Waals surface area contributed by atoms with E-state index < -0.39 is 34.5 Å². The fourth-order valence-electron chi connectivity index (χ4n) is 0.699. The summed E-state index contributed by atoms with van der Waals surface area (Å²) in [7, 11) is 0. The molecule has 1 rings (SSSR count). The van der Waals surface area contributed by atoms with Crippen molar-refractivity contribution in [2.75, 3.05) is 11.5 Å². The first-order chi connectivity index (χ1) is 5.46. The molecular formula is C6H6F2N2O2. The summed E-state index contributed by atoms with van der Waals surface area (Å²) in [5.74, 6) is -4.84. The van der Waals surface area contributed by atoms with Crippen molar-refractivity contribution in [3.63, 3.8) is 0 Å². The number of aromatic hydroxyl groups is 2. The summed E-state index contributed by atoms with van der Waals surface area (Å²) in [6.07, 6.45) is 0. The molecule has 0 amide bonds. The van der Waals surface area contributed by atoms with Gasteiger partial charge in [0.15, 0.2) is 23.1 Å². The van der Waals surface area contributed by atoms with E-state index in [9.17, 15) is 8.78 Å². The molecule has 1 aromatic carbocycles. The average Bonchev–Trinajstić information content (AvgIpc) is 2.08. The minimum atomic E-state index is -1.47. The third-order valence-electron chi connectivity index (χ3n) is 1.40. The zero-order valence-electron chi connectivity index (χ0n) is 5.81. The topological polar surface area (TPSA) is 92.5 Å². The van der Waals surface area contributed by atoms with Gasteiger partial charge in [-0.2, -0.15) is 0 Å². The predicted molar refractivity (Wildman–Crippen MR) is 38.5 cm³/mol. The standard InChI is InChI=1S/C6H6F2N2O2/c7-1-2(8)4(10)6(12)5(11)3(1)9/h11-12H,9-10H2. The van der Waals surface area contributed by atoms with Crippen molar-refractivity contribution in [1.29, 1.82) is 0 Å². The Hall–Kier alpha value is -1.72. The minimum absolute atomic E-state index is 0.862. The number of nitrogen functional groups attached to an aromatic ring is 2. The van der Waals surface area contributed by atoms with Crippen molar-refractivity contribution in [2.45, 2.75) is 0 Å². The SMILES string of the molecule is Nc1c(O)c(O)c(N)c(F)c1F. The van der Waals surface area contributed by atoms with Crippen LogP contribution in [0.2, 0.25) is 0 Å². The molecule has 0 saturated heterocycles. The van der Waals surface area contributed by atoms with Gasteiger partial charge >= 0.3 is 0 Å². The zero-order chi connectivity index (χ0) is 9.46. The van der Waals surface area contributed by atoms with Crippen LogP contribution in [0.4, 0.5) is 20.2 Å². The van der Waals surface area contributed by atoms with Crippen molar-refractivity contribution in [3.8, 4) is 11.5 Å². The maximum absolute atomic E-state index is 12.6. The Morgan fingerprint density at radius 1 is 0.833 bits per heavy atom. The second-order valence-corrected chi connectivity index (χ2v) is 2.15. The quantitative estimate of drug-likeness (QED) is 0.343. The number of rotatable bonds is 0. The first-order valence-electron chi connectivity index (χ1n) is 2.90. The molecule has 6 heteroatoms. The van der Waals surface area contributed by atoms with E-state index in [0.29, 0.717) is 0 Å². The van der Waals surface area contributed by atoms with E-state index in [1.54, 1.807) is 0 Å². The monoisotopic (exact) mass is 176 g/mol. The largest absolute Gasteiger partial charge is 0.503 e. The molecular weight excluding hydrogens is 170 g/mol. The molecule has 0 unspecified atom stereocenters. The van der Waals surface area contributed by atoms with E-state index in [-0.39, 0.29) is 0 Å². The maximum atomic E-state index is 12.6. The first-order valence-corrected chi connectivity index (χ1v) is 2.90. The second-order valence-electron chi connectivity index (χ2n) is 2.15. The number of hydrogen-bond donors (Lipinski definition) is 4. The summed E-state index contributed by atoms with van der Waals surface area (Å²) in [6, 6.07) is 0. The Balaban J connectivity index is 3.60. The Morgan fingerprint density at radius 3 is 1.33 bits per heavy atom. The molecule has 0 saturated carbocycles. The van der Waals surface area contributed by atoms with Gasteiger partial charge in [-0.3, -0.25) is 0 Å². The Bertz CT molecular complexity index is 236. The number of phenols is 2.